The zero-order valence-electron chi connectivity index (χ0n) is 15.6. The molecule has 17 heteroatoms. The van der Waals surface area contributed by atoms with Crippen LogP contribution in [0.1, 0.15) is 12.6 Å². The number of terminal acetylenes is 1. The van der Waals surface area contributed by atoms with Crippen molar-refractivity contribution in [2.75, 3.05) is 18.5 Å². The number of rotatable bonds is 8. The number of hydrogen-bond acceptors (Lipinski definition) is 13. The van der Waals surface area contributed by atoms with Gasteiger partial charge in [-0.1, -0.05) is 0 Å². The molecule has 0 aliphatic carbocycles. The zero-order valence-corrected chi connectivity index (χ0v) is 17.3. The van der Waals surface area contributed by atoms with E-state index in [1.165, 1.54) is 0 Å². The number of H-pyrrole nitrogens is 1. The summed E-state index contributed by atoms with van der Waals surface area (Å²) in [5.74, 6) is 1.79. The standard InChI is InChI=1S/C14H19N5O10P2/c1-2-3-4-30(23,24)29-31(25,26)27-5-7-9(20)10(21)13(28-7)19-6-16-8-11(19)17-14(15)18-12(8)22/h1,6-7,9-10,13,20-21H,3-5H2,(H,23,24)(H,25,26)(H3,15,17,18,22)/p-2/t7-,9?,10+,13-/m1/s1. The number of nitrogens with two attached hydrogens (primary N) is 1. The van der Waals surface area contributed by atoms with E-state index in [-0.39, 0.29) is 23.5 Å². The fourth-order valence-electron chi connectivity index (χ4n) is 2.81. The van der Waals surface area contributed by atoms with Crippen LogP contribution < -0.4 is 21.1 Å². The lowest BCUT2D eigenvalue weighted by Gasteiger charge is -2.31. The monoisotopic (exact) mass is 477 g/mol. The molecule has 2 aromatic rings. The Morgan fingerprint density at radius 3 is 2.77 bits per heavy atom. The molecule has 1 aliphatic heterocycles. The predicted octanol–water partition coefficient (Wildman–Crippen LogP) is -2.60. The number of hydrogen-bond donors (Lipinski definition) is 4. The molecular formula is C14H17N5O10P2-2. The maximum absolute atomic E-state index is 11.9. The summed E-state index contributed by atoms with van der Waals surface area (Å²) in [6.07, 6.45) is -0.964. The molecule has 170 valence electrons. The summed E-state index contributed by atoms with van der Waals surface area (Å²) < 4.78 is 38.4. The van der Waals surface area contributed by atoms with E-state index in [0.717, 1.165) is 10.9 Å². The first kappa shape index (κ1) is 23.6. The van der Waals surface area contributed by atoms with E-state index in [2.05, 4.69) is 23.8 Å². The molecular weight excluding hydrogens is 460 g/mol. The number of nitrogens with one attached hydrogen (secondary N) is 1. The first-order valence-electron chi connectivity index (χ1n) is 8.58. The van der Waals surface area contributed by atoms with Gasteiger partial charge in [0.2, 0.25) is 5.95 Å². The van der Waals surface area contributed by atoms with E-state index >= 15 is 0 Å². The van der Waals surface area contributed by atoms with Crippen LogP contribution in [-0.4, -0.2) is 60.8 Å². The van der Waals surface area contributed by atoms with E-state index < -0.39 is 58.3 Å². The third kappa shape index (κ3) is 5.21. The minimum absolute atomic E-state index is 0.0577. The van der Waals surface area contributed by atoms with Gasteiger partial charge in [-0.25, -0.2) is 4.98 Å². The average molecular weight is 477 g/mol. The summed E-state index contributed by atoms with van der Waals surface area (Å²) in [5, 5.41) is 20.5. The second-order valence-corrected chi connectivity index (χ2v) is 9.91. The third-order valence-corrected chi connectivity index (χ3v) is 7.25. The molecule has 1 fully saturated rings. The molecule has 0 spiro atoms. The van der Waals surface area contributed by atoms with Gasteiger partial charge in [-0.05, 0) is 0 Å². The van der Waals surface area contributed by atoms with Crippen molar-refractivity contribution in [2.24, 2.45) is 0 Å². The van der Waals surface area contributed by atoms with Crippen LogP contribution in [0.4, 0.5) is 5.95 Å². The Hall–Kier alpha value is -2.11. The highest BCUT2D eigenvalue weighted by Gasteiger charge is 2.45. The maximum Gasteiger partial charge on any atom is 0.280 e. The molecule has 3 heterocycles. The van der Waals surface area contributed by atoms with Gasteiger partial charge in [0.15, 0.2) is 17.4 Å². The molecule has 0 bridgehead atoms. The molecule has 6 atom stereocenters. The molecule has 3 rings (SSSR count). The van der Waals surface area contributed by atoms with E-state index in [1.807, 2.05) is 5.92 Å². The maximum atomic E-state index is 11.9. The van der Waals surface area contributed by atoms with Crippen LogP contribution in [-0.2, 0) is 22.7 Å². The van der Waals surface area contributed by atoms with Gasteiger partial charge < -0.3 is 39.6 Å². The van der Waals surface area contributed by atoms with Gasteiger partial charge in [0.1, 0.15) is 25.9 Å². The number of phosphoric acid groups is 1. The number of fused-ring (bicyclic) bond motifs is 1. The molecule has 1 aliphatic rings. The second-order valence-electron chi connectivity index (χ2n) is 6.43. The fourth-order valence-corrected chi connectivity index (χ4v) is 5.28. The van der Waals surface area contributed by atoms with Gasteiger partial charge in [-0.3, -0.25) is 23.2 Å². The fraction of sp³-hybridized carbons (Fsp3) is 0.500. The van der Waals surface area contributed by atoms with E-state index in [9.17, 15) is 33.9 Å². The van der Waals surface area contributed by atoms with Crippen molar-refractivity contribution in [3.8, 4) is 12.3 Å². The molecule has 0 saturated carbocycles. The minimum Gasteiger partial charge on any atom is -0.778 e. The average Bonchev–Trinajstić information content (AvgIpc) is 3.20. The van der Waals surface area contributed by atoms with Gasteiger partial charge >= 0.3 is 0 Å². The quantitative estimate of drug-likeness (QED) is 0.226. The molecule has 31 heavy (non-hydrogen) atoms. The molecule has 15 nitrogen and oxygen atoms in total. The largest absolute Gasteiger partial charge is 0.778 e. The number of imidazole rings is 1. The topological polar surface area (TPSA) is 238 Å². The van der Waals surface area contributed by atoms with Crippen LogP contribution in [0.25, 0.3) is 11.2 Å². The second kappa shape index (κ2) is 8.79. The summed E-state index contributed by atoms with van der Waals surface area (Å²) in [4.78, 5) is 45.2. The van der Waals surface area contributed by atoms with Gasteiger partial charge in [-0.15, -0.1) is 12.3 Å². The van der Waals surface area contributed by atoms with Gasteiger partial charge in [0, 0.05) is 12.6 Å². The van der Waals surface area contributed by atoms with Crippen LogP contribution in [0.3, 0.4) is 0 Å². The lowest BCUT2D eigenvalue weighted by Crippen LogP contribution is -2.34. The molecule has 2 aromatic heterocycles. The van der Waals surface area contributed by atoms with Crippen molar-refractivity contribution in [2.45, 2.75) is 31.0 Å². The number of ether oxygens (including phenoxy) is 1. The van der Waals surface area contributed by atoms with Gasteiger partial charge in [0.05, 0.1) is 12.9 Å². The Labute approximate surface area is 174 Å². The number of aromatic nitrogens is 4. The van der Waals surface area contributed by atoms with Crippen molar-refractivity contribution < 1.29 is 42.7 Å². The number of aromatic amines is 1. The molecule has 5 N–H and O–H groups in total. The van der Waals surface area contributed by atoms with Crippen molar-refractivity contribution in [3.63, 3.8) is 0 Å². The third-order valence-electron chi connectivity index (χ3n) is 4.21. The molecule has 0 aromatic carbocycles. The summed E-state index contributed by atoms with van der Waals surface area (Å²) in [7, 11) is -10.2. The molecule has 1 saturated heterocycles. The van der Waals surface area contributed by atoms with Crippen LogP contribution >= 0.6 is 15.4 Å². The first-order valence-corrected chi connectivity index (χ1v) is 11.8. The van der Waals surface area contributed by atoms with E-state index in [1.54, 1.807) is 0 Å². The highest BCUT2D eigenvalue weighted by Crippen LogP contribution is 2.55. The Morgan fingerprint density at radius 1 is 1.39 bits per heavy atom. The SMILES string of the molecule is C#CCCP(=O)([O-])OP(=O)([O-])OC[C@H]1O[C@@H](n2cnc3c(=O)[nH]c(N)nc32)[C@@H](O)C1O. The highest BCUT2D eigenvalue weighted by atomic mass is 31.3. The van der Waals surface area contributed by atoms with E-state index in [4.69, 9.17) is 16.9 Å². The minimum atomic E-state index is -5.35. The molecule has 3 unspecified atom stereocenters. The van der Waals surface area contributed by atoms with Crippen molar-refractivity contribution >= 4 is 32.5 Å². The predicted molar refractivity (Wildman–Crippen MR) is 99.1 cm³/mol. The molecule has 0 amide bonds. The summed E-state index contributed by atoms with van der Waals surface area (Å²) in [6, 6.07) is 0. The van der Waals surface area contributed by atoms with E-state index in [0.29, 0.717) is 0 Å². The van der Waals surface area contributed by atoms with Crippen LogP contribution in [0.2, 0.25) is 0 Å². The summed E-state index contributed by atoms with van der Waals surface area (Å²) >= 11 is 0. The molecule has 0 radical (unpaired) electrons. The van der Waals surface area contributed by atoms with Crippen LogP contribution in [0, 0.1) is 12.3 Å². The normalized spacial score (nSPS) is 27.6. The number of anilines is 1. The number of aliphatic hydroxyl groups excluding tert-OH is 2. The first-order chi connectivity index (χ1) is 14.4. The Bertz CT molecular complexity index is 1160. The number of nitrogens with zero attached hydrogens (tertiary/aromatic N) is 3. The van der Waals surface area contributed by atoms with Crippen LogP contribution in [0.15, 0.2) is 11.1 Å². The van der Waals surface area contributed by atoms with Crippen molar-refractivity contribution in [1.29, 1.82) is 0 Å². The highest BCUT2D eigenvalue weighted by molar-refractivity contribution is 7.62. The Morgan fingerprint density at radius 2 is 2.10 bits per heavy atom. The lowest BCUT2D eigenvalue weighted by atomic mass is 10.1. The zero-order chi connectivity index (χ0) is 23.0. The van der Waals surface area contributed by atoms with Gasteiger partial charge in [0.25, 0.3) is 13.4 Å². The Balaban J connectivity index is 1.72. The van der Waals surface area contributed by atoms with Crippen molar-refractivity contribution in [3.05, 3.63) is 16.7 Å². The number of phosphoric ester groups is 1. The summed E-state index contributed by atoms with van der Waals surface area (Å²) in [5.41, 5.74) is 4.68. The lowest BCUT2D eigenvalue weighted by molar-refractivity contribution is -0.233. The number of nitrogen functional groups attached to an aromatic ring is 1. The van der Waals surface area contributed by atoms with Crippen LogP contribution in [0.5, 0.6) is 0 Å². The number of aliphatic hydroxyl groups is 2. The smallest absolute Gasteiger partial charge is 0.280 e. The summed E-state index contributed by atoms with van der Waals surface area (Å²) in [6.45, 7) is -0.882. The van der Waals surface area contributed by atoms with Crippen molar-refractivity contribution in [1.82, 2.24) is 19.5 Å². The van der Waals surface area contributed by atoms with Gasteiger partial charge in [-0.2, -0.15) is 4.98 Å². The Kier molecular flexibility index (Phi) is 6.68.